The molecule has 1 aliphatic rings. The Morgan fingerprint density at radius 3 is 2.16 bits per heavy atom. The van der Waals surface area contributed by atoms with Crippen molar-refractivity contribution in [3.8, 4) is 0 Å². The highest BCUT2D eigenvalue weighted by Crippen LogP contribution is 2.31. The number of halogens is 1. The largest absolute Gasteiger partial charge is 0.598 e. The summed E-state index contributed by atoms with van der Waals surface area (Å²) in [6.07, 6.45) is 0.277. The molecule has 10 heteroatoms. The molecule has 0 spiro atoms. The Kier molecular flexibility index (Phi) is 8.63. The fraction of sp³-hybridized carbons (Fsp3) is 0.682. The van der Waals surface area contributed by atoms with Crippen LogP contribution in [0.5, 0.6) is 0 Å². The number of benzene rings is 1. The van der Waals surface area contributed by atoms with Gasteiger partial charge in [-0.25, -0.2) is 17.6 Å². The molecule has 1 saturated heterocycles. The van der Waals surface area contributed by atoms with Gasteiger partial charge in [0.1, 0.15) is 16.4 Å². The Morgan fingerprint density at radius 1 is 1.16 bits per heavy atom. The van der Waals surface area contributed by atoms with Gasteiger partial charge in [0.2, 0.25) is 15.3 Å². The van der Waals surface area contributed by atoms with Gasteiger partial charge in [-0.3, -0.25) is 0 Å². The quantitative estimate of drug-likeness (QED) is 0.609. The Balaban J connectivity index is 2.22. The average molecular weight is 491 g/mol. The van der Waals surface area contributed by atoms with Crippen LogP contribution in [-0.2, 0) is 25.9 Å². The number of likely N-dealkylation sites (tertiary alicyclic amines) is 1. The zero-order valence-corrected chi connectivity index (χ0v) is 21.3. The van der Waals surface area contributed by atoms with Crippen molar-refractivity contribution >= 4 is 27.3 Å². The third-order valence-corrected chi connectivity index (χ3v) is 8.56. The van der Waals surface area contributed by atoms with Gasteiger partial charge in [0.25, 0.3) is 0 Å². The number of carbonyl (C=O) groups is 1. The summed E-state index contributed by atoms with van der Waals surface area (Å²) in [5.74, 6) is -0.423. The maximum atomic E-state index is 15.7. The van der Waals surface area contributed by atoms with Crippen molar-refractivity contribution < 1.29 is 26.9 Å². The van der Waals surface area contributed by atoms with E-state index >= 15 is 4.39 Å². The molecule has 0 aromatic heterocycles. The maximum absolute atomic E-state index is 15.7. The fourth-order valence-electron chi connectivity index (χ4n) is 3.36. The van der Waals surface area contributed by atoms with Crippen LogP contribution < -0.4 is 4.72 Å². The lowest BCUT2D eigenvalue weighted by Gasteiger charge is -2.38. The smallest absolute Gasteiger partial charge is 0.410 e. The lowest BCUT2D eigenvalue weighted by molar-refractivity contribution is 0.0165. The first-order valence-electron chi connectivity index (χ1n) is 10.7. The number of hydrogen-bond acceptors (Lipinski definition) is 6. The summed E-state index contributed by atoms with van der Waals surface area (Å²) in [5.41, 5.74) is -2.91. The summed E-state index contributed by atoms with van der Waals surface area (Å²) < 4.78 is 61.8. The summed E-state index contributed by atoms with van der Waals surface area (Å²) in [4.78, 5) is 13.8. The van der Waals surface area contributed by atoms with Crippen molar-refractivity contribution in [2.45, 2.75) is 81.2 Å². The van der Waals surface area contributed by atoms with Gasteiger partial charge in [-0.1, -0.05) is 18.2 Å². The Labute approximate surface area is 194 Å². The molecule has 182 valence electrons. The van der Waals surface area contributed by atoms with Crippen molar-refractivity contribution in [3.63, 3.8) is 0 Å². The van der Waals surface area contributed by atoms with E-state index in [0.717, 1.165) is 0 Å². The van der Waals surface area contributed by atoms with E-state index in [1.807, 2.05) is 0 Å². The topological polar surface area (TPSA) is 98.8 Å². The molecule has 2 rings (SSSR count). The number of piperidine rings is 1. The van der Waals surface area contributed by atoms with E-state index in [2.05, 4.69) is 4.72 Å². The third-order valence-electron chi connectivity index (χ3n) is 5.15. The second-order valence-electron chi connectivity index (χ2n) is 10.0. The van der Waals surface area contributed by atoms with E-state index < -0.39 is 55.1 Å². The number of rotatable bonds is 6. The van der Waals surface area contributed by atoms with Gasteiger partial charge in [-0.2, -0.15) is 0 Å². The Bertz CT molecular complexity index is 861. The summed E-state index contributed by atoms with van der Waals surface area (Å²) in [5, 5.41) is 0. The number of nitrogens with zero attached hydrogens (tertiary/aromatic N) is 1. The van der Waals surface area contributed by atoms with Crippen LogP contribution in [-0.4, -0.2) is 58.9 Å². The number of ether oxygens (including phenoxy) is 1. The van der Waals surface area contributed by atoms with Gasteiger partial charge >= 0.3 is 6.09 Å². The number of alkyl halides is 1. The maximum Gasteiger partial charge on any atom is 0.410 e. The monoisotopic (exact) mass is 490 g/mol. The molecule has 1 aromatic rings. The second-order valence-corrected chi connectivity index (χ2v) is 14.0. The highest BCUT2D eigenvalue weighted by atomic mass is 32.2. The molecule has 0 saturated carbocycles. The van der Waals surface area contributed by atoms with E-state index in [-0.39, 0.29) is 4.90 Å². The minimum atomic E-state index is -4.30. The van der Waals surface area contributed by atoms with Crippen molar-refractivity contribution in [1.82, 2.24) is 9.62 Å². The molecular formula is C22H35FN2O5S2. The Morgan fingerprint density at radius 2 is 1.69 bits per heavy atom. The average Bonchev–Trinajstić information content (AvgIpc) is 2.70. The molecule has 32 heavy (non-hydrogen) atoms. The molecule has 0 radical (unpaired) electrons. The molecular weight excluding hydrogens is 455 g/mol. The third kappa shape index (κ3) is 7.07. The van der Waals surface area contributed by atoms with Gasteiger partial charge in [0.15, 0.2) is 0 Å². The van der Waals surface area contributed by atoms with Crippen LogP contribution in [0.2, 0.25) is 0 Å². The van der Waals surface area contributed by atoms with E-state index in [1.54, 1.807) is 52.5 Å². The highest BCUT2D eigenvalue weighted by Gasteiger charge is 2.45. The molecule has 1 aliphatic heterocycles. The first-order chi connectivity index (χ1) is 14.6. The van der Waals surface area contributed by atoms with Crippen LogP contribution in [0, 0.1) is 5.92 Å². The van der Waals surface area contributed by atoms with E-state index in [1.165, 1.54) is 24.3 Å². The summed E-state index contributed by atoms with van der Waals surface area (Å²) in [7, 11) is -4.30. The van der Waals surface area contributed by atoms with Crippen molar-refractivity contribution in [2.24, 2.45) is 5.92 Å². The zero-order valence-electron chi connectivity index (χ0n) is 19.6. The summed E-state index contributed by atoms with van der Waals surface area (Å²) in [6.45, 7) is 11.1. The number of carbonyl (C=O) groups excluding carboxylic acids is 1. The van der Waals surface area contributed by atoms with Crippen molar-refractivity contribution in [1.29, 1.82) is 0 Å². The van der Waals surface area contributed by atoms with Gasteiger partial charge in [-0.05, 0) is 72.4 Å². The molecule has 1 N–H and O–H groups in total. The van der Waals surface area contributed by atoms with Crippen molar-refractivity contribution in [2.75, 3.05) is 13.1 Å². The molecule has 0 aliphatic carbocycles. The van der Waals surface area contributed by atoms with E-state index in [4.69, 9.17) is 4.74 Å². The molecule has 1 unspecified atom stereocenters. The molecule has 0 bridgehead atoms. The fourth-order valence-corrected chi connectivity index (χ4v) is 5.84. The number of sulfone groups is 1. The predicted octanol–water partition coefficient (Wildman–Crippen LogP) is 3.82. The molecule has 7 nitrogen and oxygen atoms in total. The SMILES string of the molecule is CC(C)(C)OC(=O)N1CCC([C@@H](N[S+]([O-])C(C)(C)C)[C@@H](F)S(=O)(=O)c2ccccc2)CC1. The minimum Gasteiger partial charge on any atom is -0.598 e. The van der Waals surface area contributed by atoms with Gasteiger partial charge in [0.05, 0.1) is 4.90 Å². The van der Waals surface area contributed by atoms with Crippen LogP contribution in [0.3, 0.4) is 0 Å². The van der Waals surface area contributed by atoms with Crippen LogP contribution in [0.15, 0.2) is 35.2 Å². The predicted molar refractivity (Wildman–Crippen MR) is 124 cm³/mol. The highest BCUT2D eigenvalue weighted by molar-refractivity contribution is 7.92. The molecule has 1 aromatic carbocycles. The molecule has 1 heterocycles. The summed E-state index contributed by atoms with van der Waals surface area (Å²) >= 11 is -1.67. The van der Waals surface area contributed by atoms with Crippen LogP contribution in [0.1, 0.15) is 54.4 Å². The second kappa shape index (κ2) is 10.3. The number of nitrogens with one attached hydrogen (secondary N) is 1. The molecule has 1 fully saturated rings. The first-order valence-corrected chi connectivity index (χ1v) is 13.4. The minimum absolute atomic E-state index is 0.118. The number of hydrogen-bond donors (Lipinski definition) is 1. The van der Waals surface area contributed by atoms with Crippen LogP contribution in [0.4, 0.5) is 9.18 Å². The standard InChI is InChI=1S/C22H35FN2O5S2/c1-21(2,3)30-20(26)25-14-12-16(13-15-25)18(24-31(27)22(4,5)6)19(23)32(28,29)17-10-8-7-9-11-17/h7-11,16,18-19,24H,12-15H2,1-6H3/t18-,19+,31?/m1/s1. The molecule has 1 amide bonds. The van der Waals surface area contributed by atoms with E-state index in [0.29, 0.717) is 25.9 Å². The zero-order chi connectivity index (χ0) is 24.3. The van der Waals surface area contributed by atoms with E-state index in [9.17, 15) is 17.8 Å². The lowest BCUT2D eigenvalue weighted by Crippen LogP contribution is -2.55. The Hall–Kier alpha value is -1.36. The normalized spacial score (nSPS) is 19.3. The van der Waals surface area contributed by atoms with Crippen molar-refractivity contribution in [3.05, 3.63) is 30.3 Å². The van der Waals surface area contributed by atoms with Crippen LogP contribution >= 0.6 is 0 Å². The van der Waals surface area contributed by atoms with Crippen LogP contribution in [0.25, 0.3) is 0 Å². The lowest BCUT2D eigenvalue weighted by atomic mass is 9.90. The van der Waals surface area contributed by atoms with Gasteiger partial charge < -0.3 is 14.2 Å². The molecule has 3 atom stereocenters. The first kappa shape index (κ1) is 26.9. The summed E-state index contributed by atoms with van der Waals surface area (Å²) in [6, 6.07) is 6.25. The number of amides is 1. The van der Waals surface area contributed by atoms with Gasteiger partial charge in [-0.15, -0.1) is 4.72 Å². The van der Waals surface area contributed by atoms with Gasteiger partial charge in [0, 0.05) is 24.5 Å².